The third-order valence-electron chi connectivity index (χ3n) is 6.97. The molecule has 0 aliphatic carbocycles. The average molecular weight is 518 g/mol. The summed E-state index contributed by atoms with van der Waals surface area (Å²) in [7, 11) is 0. The number of aromatic nitrogens is 2. The highest BCUT2D eigenvalue weighted by molar-refractivity contribution is 5.68. The summed E-state index contributed by atoms with van der Waals surface area (Å²) >= 11 is 0. The maximum atomic E-state index is 14.9. The minimum atomic E-state index is -0.681. The van der Waals surface area contributed by atoms with Crippen molar-refractivity contribution in [3.8, 4) is 5.75 Å². The third kappa shape index (κ3) is 6.85. The fraction of sp³-hybridized carbons (Fsp3) is 0.593. The number of aryl methyl sites for hydroxylation is 1. The van der Waals surface area contributed by atoms with Crippen molar-refractivity contribution < 1.29 is 23.0 Å². The molecule has 0 saturated carbocycles. The van der Waals surface area contributed by atoms with Crippen molar-refractivity contribution in [3.63, 3.8) is 0 Å². The Bertz CT molecular complexity index is 1090. The van der Waals surface area contributed by atoms with Crippen molar-refractivity contribution in [2.75, 3.05) is 31.1 Å². The summed E-state index contributed by atoms with van der Waals surface area (Å²) in [6.45, 7) is 11.7. The number of rotatable bonds is 6. The zero-order valence-corrected chi connectivity index (χ0v) is 22.2. The molecule has 1 amide bonds. The molecule has 3 heterocycles. The van der Waals surface area contributed by atoms with Gasteiger partial charge in [0.2, 0.25) is 5.95 Å². The number of hydrogen-bond acceptors (Lipinski definition) is 7. The molecule has 10 heteroatoms. The maximum Gasteiger partial charge on any atom is 0.407 e. The summed E-state index contributed by atoms with van der Waals surface area (Å²) in [6, 6.07) is 1.90. The fourth-order valence-electron chi connectivity index (χ4n) is 5.01. The highest BCUT2D eigenvalue weighted by Gasteiger charge is 2.38. The van der Waals surface area contributed by atoms with E-state index >= 15 is 0 Å². The van der Waals surface area contributed by atoms with Gasteiger partial charge in [0, 0.05) is 25.1 Å². The van der Waals surface area contributed by atoms with Crippen LogP contribution in [0.2, 0.25) is 0 Å². The lowest BCUT2D eigenvalue weighted by Gasteiger charge is -2.28. The normalized spacial score (nSPS) is 21.5. The standard InChI is InChI=1S/C27H37F2N5O3/c1-16-10-20(23(29)11-22(16)28)21-14-34(15-24(21)33-26(35)37-27(3,4)5)25-31-12-19(13-32-25)36-17(2)18-6-8-30-9-7-18/h10-13,17-18,21,24,30H,6-9,14-15H2,1-5H3,(H,33,35)/t17-,21+,24-/m0/s1. The molecule has 2 saturated heterocycles. The summed E-state index contributed by atoms with van der Waals surface area (Å²) in [4.78, 5) is 23.4. The summed E-state index contributed by atoms with van der Waals surface area (Å²) in [5, 5.41) is 6.23. The van der Waals surface area contributed by atoms with E-state index < -0.39 is 35.3 Å². The van der Waals surface area contributed by atoms with Crippen molar-refractivity contribution >= 4 is 12.0 Å². The molecule has 0 radical (unpaired) electrons. The number of alkyl carbamates (subject to hydrolysis) is 1. The number of amides is 1. The molecule has 4 rings (SSSR count). The van der Waals surface area contributed by atoms with Gasteiger partial charge in [-0.3, -0.25) is 0 Å². The van der Waals surface area contributed by atoms with E-state index in [2.05, 4.69) is 27.5 Å². The van der Waals surface area contributed by atoms with Gasteiger partial charge in [-0.25, -0.2) is 23.5 Å². The van der Waals surface area contributed by atoms with Crippen LogP contribution in [0.3, 0.4) is 0 Å². The van der Waals surface area contributed by atoms with E-state index in [4.69, 9.17) is 9.47 Å². The molecule has 1 aromatic carbocycles. The Labute approximate surface area is 217 Å². The van der Waals surface area contributed by atoms with Gasteiger partial charge in [-0.2, -0.15) is 0 Å². The minimum absolute atomic E-state index is 0.0554. The van der Waals surface area contributed by atoms with Crippen molar-refractivity contribution in [1.29, 1.82) is 0 Å². The van der Waals surface area contributed by atoms with Gasteiger partial charge in [-0.05, 0) is 83.7 Å². The highest BCUT2D eigenvalue weighted by Crippen LogP contribution is 2.33. The molecule has 2 aromatic rings. The Morgan fingerprint density at radius 1 is 1.14 bits per heavy atom. The monoisotopic (exact) mass is 517 g/mol. The van der Waals surface area contributed by atoms with Crippen molar-refractivity contribution in [1.82, 2.24) is 20.6 Å². The number of carbonyl (C=O) groups is 1. The molecule has 8 nitrogen and oxygen atoms in total. The smallest absolute Gasteiger partial charge is 0.407 e. The molecule has 0 spiro atoms. The van der Waals surface area contributed by atoms with Crippen molar-refractivity contribution in [2.45, 2.75) is 71.1 Å². The Morgan fingerprint density at radius 3 is 2.46 bits per heavy atom. The van der Waals surface area contributed by atoms with Crippen LogP contribution in [-0.4, -0.2) is 60.0 Å². The quantitative estimate of drug-likeness (QED) is 0.590. The van der Waals surface area contributed by atoms with Gasteiger partial charge < -0.3 is 25.0 Å². The topological polar surface area (TPSA) is 88.6 Å². The van der Waals surface area contributed by atoms with Crippen molar-refractivity contribution in [3.05, 3.63) is 47.3 Å². The van der Waals surface area contributed by atoms with E-state index in [9.17, 15) is 13.6 Å². The van der Waals surface area contributed by atoms with Gasteiger partial charge in [0.25, 0.3) is 0 Å². The molecular formula is C27H37F2N5O3. The second kappa shape index (κ2) is 11.2. The zero-order chi connectivity index (χ0) is 26.7. The second-order valence-electron chi connectivity index (χ2n) is 11.0. The van der Waals surface area contributed by atoms with Gasteiger partial charge in [0.1, 0.15) is 17.2 Å². The van der Waals surface area contributed by atoms with Gasteiger partial charge in [0.15, 0.2) is 5.75 Å². The SMILES string of the molecule is Cc1cc([C@H]2CN(c3ncc(O[C@@H](C)C4CCNCC4)cn3)C[C@@H]2NC(=O)OC(C)(C)C)c(F)cc1F. The Morgan fingerprint density at radius 2 is 1.81 bits per heavy atom. The van der Waals surface area contributed by atoms with Crippen LogP contribution in [0.25, 0.3) is 0 Å². The molecule has 0 bridgehead atoms. The van der Waals surface area contributed by atoms with E-state index in [1.165, 1.54) is 6.07 Å². The zero-order valence-electron chi connectivity index (χ0n) is 22.2. The molecular weight excluding hydrogens is 480 g/mol. The number of nitrogens with one attached hydrogen (secondary N) is 2. The molecule has 3 atom stereocenters. The summed E-state index contributed by atoms with van der Waals surface area (Å²) in [5.41, 5.74) is -0.00974. The first-order valence-electron chi connectivity index (χ1n) is 12.9. The largest absolute Gasteiger partial charge is 0.487 e. The third-order valence-corrected chi connectivity index (χ3v) is 6.97. The first-order valence-corrected chi connectivity index (χ1v) is 12.9. The molecule has 202 valence electrons. The van der Waals surface area contributed by atoms with Crippen LogP contribution in [0.4, 0.5) is 19.5 Å². The lowest BCUT2D eigenvalue weighted by Crippen LogP contribution is -2.43. The molecule has 2 aliphatic rings. The van der Waals surface area contributed by atoms with Crippen LogP contribution in [-0.2, 0) is 4.74 Å². The van der Waals surface area contributed by atoms with Gasteiger partial charge >= 0.3 is 6.09 Å². The summed E-state index contributed by atoms with van der Waals surface area (Å²) < 4.78 is 40.3. The molecule has 0 unspecified atom stereocenters. The van der Waals surface area contributed by atoms with Crippen LogP contribution >= 0.6 is 0 Å². The second-order valence-corrected chi connectivity index (χ2v) is 11.0. The number of ether oxygens (including phenoxy) is 2. The number of halogens is 2. The van der Waals surface area contributed by atoms with Crippen LogP contribution < -0.4 is 20.3 Å². The Kier molecular flexibility index (Phi) is 8.16. The first-order chi connectivity index (χ1) is 17.5. The minimum Gasteiger partial charge on any atom is -0.487 e. The lowest BCUT2D eigenvalue weighted by molar-refractivity contribution is 0.0504. The van der Waals surface area contributed by atoms with Crippen LogP contribution in [0, 0.1) is 24.5 Å². The number of benzene rings is 1. The van der Waals surface area contributed by atoms with Crippen LogP contribution in [0.5, 0.6) is 5.75 Å². The van der Waals surface area contributed by atoms with E-state index in [0.717, 1.165) is 32.0 Å². The predicted molar refractivity (Wildman–Crippen MR) is 137 cm³/mol. The van der Waals surface area contributed by atoms with E-state index in [-0.39, 0.29) is 6.10 Å². The van der Waals surface area contributed by atoms with Crippen LogP contribution in [0.1, 0.15) is 57.6 Å². The molecule has 2 N–H and O–H groups in total. The van der Waals surface area contributed by atoms with Gasteiger partial charge in [-0.1, -0.05) is 0 Å². The average Bonchev–Trinajstić information content (AvgIpc) is 3.24. The number of hydrogen-bond donors (Lipinski definition) is 2. The van der Waals surface area contributed by atoms with Gasteiger partial charge in [0.05, 0.1) is 24.5 Å². The summed E-state index contributed by atoms with van der Waals surface area (Å²) in [5.74, 6) is -0.193. The highest BCUT2D eigenvalue weighted by atomic mass is 19.1. The molecule has 2 fully saturated rings. The van der Waals surface area contributed by atoms with Crippen molar-refractivity contribution in [2.24, 2.45) is 5.92 Å². The van der Waals surface area contributed by atoms with E-state index in [1.54, 1.807) is 40.1 Å². The van der Waals surface area contributed by atoms with E-state index in [0.29, 0.717) is 41.8 Å². The Balaban J connectivity index is 1.50. The fourth-order valence-corrected chi connectivity index (χ4v) is 5.01. The molecule has 37 heavy (non-hydrogen) atoms. The number of carbonyl (C=O) groups excluding carboxylic acids is 1. The number of anilines is 1. The lowest BCUT2D eigenvalue weighted by atomic mass is 9.92. The first kappa shape index (κ1) is 27.0. The number of piperidine rings is 1. The van der Waals surface area contributed by atoms with Gasteiger partial charge in [-0.15, -0.1) is 0 Å². The van der Waals surface area contributed by atoms with Crippen LogP contribution in [0.15, 0.2) is 24.5 Å². The predicted octanol–water partition coefficient (Wildman–Crippen LogP) is 4.33. The molecule has 1 aromatic heterocycles. The maximum absolute atomic E-state index is 14.9. The Hall–Kier alpha value is -3.01. The van der Waals surface area contributed by atoms with E-state index in [1.807, 2.05) is 4.90 Å². The molecule has 2 aliphatic heterocycles. The summed E-state index contributed by atoms with van der Waals surface area (Å²) in [6.07, 6.45) is 4.89. The number of nitrogens with zero attached hydrogens (tertiary/aromatic N) is 3.